The van der Waals surface area contributed by atoms with Gasteiger partial charge >= 0.3 is 0 Å². The van der Waals surface area contributed by atoms with E-state index in [1.807, 2.05) is 29.2 Å². The summed E-state index contributed by atoms with van der Waals surface area (Å²) in [5.74, 6) is 0.0788. The van der Waals surface area contributed by atoms with E-state index in [-0.39, 0.29) is 11.8 Å². The van der Waals surface area contributed by atoms with Gasteiger partial charge in [-0.05, 0) is 37.5 Å². The Kier molecular flexibility index (Phi) is 5.99. The van der Waals surface area contributed by atoms with Crippen molar-refractivity contribution in [2.24, 2.45) is 0 Å². The Hall–Kier alpha value is -1.84. The Morgan fingerprint density at radius 3 is 2.32 bits per heavy atom. The lowest BCUT2D eigenvalue weighted by Crippen LogP contribution is -2.41. The number of carbonyl (C=O) groups excluding carboxylic acids is 2. The van der Waals surface area contributed by atoms with Gasteiger partial charge in [-0.25, -0.2) is 0 Å². The van der Waals surface area contributed by atoms with E-state index in [2.05, 4.69) is 12.2 Å². The lowest BCUT2D eigenvalue weighted by atomic mass is 9.93. The van der Waals surface area contributed by atoms with E-state index in [9.17, 15) is 9.59 Å². The quantitative estimate of drug-likeness (QED) is 0.908. The van der Waals surface area contributed by atoms with E-state index < -0.39 is 0 Å². The molecule has 0 radical (unpaired) electrons. The van der Waals surface area contributed by atoms with E-state index in [1.54, 1.807) is 0 Å². The summed E-state index contributed by atoms with van der Waals surface area (Å²) in [4.78, 5) is 25.6. The zero-order chi connectivity index (χ0) is 15.9. The van der Waals surface area contributed by atoms with Crippen molar-refractivity contribution in [2.45, 2.75) is 58.5 Å². The van der Waals surface area contributed by atoms with Crippen LogP contribution in [0.5, 0.6) is 0 Å². The summed E-state index contributed by atoms with van der Waals surface area (Å²) in [6.07, 6.45) is 5.99. The van der Waals surface area contributed by atoms with Crippen LogP contribution < -0.4 is 5.32 Å². The van der Waals surface area contributed by atoms with Crippen molar-refractivity contribution in [1.82, 2.24) is 10.2 Å². The molecule has 0 unspecified atom stereocenters. The topological polar surface area (TPSA) is 49.4 Å². The minimum atomic E-state index is -0.0467. The van der Waals surface area contributed by atoms with Crippen LogP contribution in [0, 0.1) is 0 Å². The van der Waals surface area contributed by atoms with Crippen LogP contribution in [0.4, 0.5) is 0 Å². The van der Waals surface area contributed by atoms with E-state index in [0.29, 0.717) is 12.6 Å². The van der Waals surface area contributed by atoms with Crippen LogP contribution in [0.1, 0.15) is 61.9 Å². The third-order valence-corrected chi connectivity index (χ3v) is 4.36. The van der Waals surface area contributed by atoms with Gasteiger partial charge in [0, 0.05) is 31.6 Å². The molecular weight excluding hydrogens is 276 g/mol. The maximum atomic E-state index is 12.7. The van der Waals surface area contributed by atoms with Crippen molar-refractivity contribution in [1.29, 1.82) is 0 Å². The second-order valence-corrected chi connectivity index (χ2v) is 5.99. The highest BCUT2D eigenvalue weighted by atomic mass is 16.2. The van der Waals surface area contributed by atoms with Gasteiger partial charge in [0.1, 0.15) is 0 Å². The molecule has 0 aromatic heterocycles. The van der Waals surface area contributed by atoms with Crippen molar-refractivity contribution >= 4 is 11.8 Å². The highest BCUT2D eigenvalue weighted by molar-refractivity contribution is 5.94. The number of hydrogen-bond donors (Lipinski definition) is 1. The van der Waals surface area contributed by atoms with Crippen LogP contribution in [-0.4, -0.2) is 29.3 Å². The Balaban J connectivity index is 2.02. The fourth-order valence-corrected chi connectivity index (χ4v) is 3.12. The molecule has 0 heterocycles. The van der Waals surface area contributed by atoms with Gasteiger partial charge in [0.15, 0.2) is 0 Å². The Labute approximate surface area is 132 Å². The maximum Gasteiger partial charge on any atom is 0.254 e. The molecule has 120 valence electrons. The van der Waals surface area contributed by atoms with Crippen molar-refractivity contribution < 1.29 is 9.59 Å². The van der Waals surface area contributed by atoms with Crippen LogP contribution in [0.2, 0.25) is 0 Å². The molecule has 4 heteroatoms. The molecule has 1 aromatic carbocycles. The number of nitrogens with one attached hydrogen (secondary N) is 1. The summed E-state index contributed by atoms with van der Waals surface area (Å²) >= 11 is 0. The van der Waals surface area contributed by atoms with Crippen LogP contribution in [0.15, 0.2) is 24.3 Å². The van der Waals surface area contributed by atoms with Gasteiger partial charge in [0.2, 0.25) is 5.91 Å². The molecule has 2 rings (SSSR count). The second-order valence-electron chi connectivity index (χ2n) is 5.99. The molecule has 1 aliphatic carbocycles. The van der Waals surface area contributed by atoms with Crippen molar-refractivity contribution in [2.75, 3.05) is 6.54 Å². The molecule has 0 saturated heterocycles. The van der Waals surface area contributed by atoms with Crippen LogP contribution in [-0.2, 0) is 11.3 Å². The summed E-state index contributed by atoms with van der Waals surface area (Å²) in [5.41, 5.74) is 1.74. The first kappa shape index (κ1) is 16.5. The molecule has 2 amide bonds. The zero-order valence-electron chi connectivity index (χ0n) is 13.6. The Bertz CT molecular complexity index is 504. The van der Waals surface area contributed by atoms with Crippen LogP contribution >= 0.6 is 0 Å². The zero-order valence-corrected chi connectivity index (χ0v) is 13.6. The Morgan fingerprint density at radius 2 is 1.77 bits per heavy atom. The molecule has 22 heavy (non-hydrogen) atoms. The van der Waals surface area contributed by atoms with Crippen molar-refractivity contribution in [3.8, 4) is 0 Å². The van der Waals surface area contributed by atoms with Crippen molar-refractivity contribution in [3.63, 3.8) is 0 Å². The predicted octanol–water partition coefficient (Wildman–Crippen LogP) is 3.12. The van der Waals surface area contributed by atoms with E-state index in [0.717, 1.165) is 30.5 Å². The number of amides is 2. The first-order valence-corrected chi connectivity index (χ1v) is 8.26. The summed E-state index contributed by atoms with van der Waals surface area (Å²) in [6, 6.07) is 7.96. The molecule has 1 N–H and O–H groups in total. The summed E-state index contributed by atoms with van der Waals surface area (Å²) in [6.45, 7) is 4.82. The molecule has 0 aliphatic heterocycles. The first-order chi connectivity index (χ1) is 10.6. The summed E-state index contributed by atoms with van der Waals surface area (Å²) in [7, 11) is 0. The molecular formula is C18H26N2O2. The van der Waals surface area contributed by atoms with E-state index in [4.69, 9.17) is 0 Å². The molecule has 1 saturated carbocycles. The van der Waals surface area contributed by atoms with Gasteiger partial charge in [0.25, 0.3) is 5.91 Å². The number of carbonyl (C=O) groups is 2. The average Bonchev–Trinajstić information content (AvgIpc) is 2.55. The van der Waals surface area contributed by atoms with Crippen LogP contribution in [0.25, 0.3) is 0 Å². The van der Waals surface area contributed by atoms with Gasteiger partial charge in [-0.3, -0.25) is 9.59 Å². The normalized spacial score (nSPS) is 15.4. The van der Waals surface area contributed by atoms with Gasteiger partial charge in [-0.1, -0.05) is 31.4 Å². The number of nitrogens with zero attached hydrogens (tertiary/aromatic N) is 1. The van der Waals surface area contributed by atoms with E-state index in [1.165, 1.54) is 26.2 Å². The highest BCUT2D eigenvalue weighted by Crippen LogP contribution is 2.24. The Morgan fingerprint density at radius 1 is 1.14 bits per heavy atom. The van der Waals surface area contributed by atoms with Gasteiger partial charge in [0.05, 0.1) is 0 Å². The first-order valence-electron chi connectivity index (χ1n) is 8.26. The molecule has 0 atom stereocenters. The minimum Gasteiger partial charge on any atom is -0.352 e. The second kappa shape index (κ2) is 7.97. The van der Waals surface area contributed by atoms with Crippen molar-refractivity contribution in [3.05, 3.63) is 35.4 Å². The molecule has 1 aromatic rings. The number of rotatable bonds is 5. The van der Waals surface area contributed by atoms with Gasteiger partial charge in [-0.2, -0.15) is 0 Å². The van der Waals surface area contributed by atoms with E-state index >= 15 is 0 Å². The molecule has 1 fully saturated rings. The smallest absolute Gasteiger partial charge is 0.254 e. The lowest BCUT2D eigenvalue weighted by molar-refractivity contribution is -0.119. The third-order valence-electron chi connectivity index (χ3n) is 4.36. The standard InChI is InChI=1S/C18H26N2O2/c1-3-20(17-7-5-4-6-8-17)18(22)16-11-9-15(10-12-16)13-19-14(2)21/h9-12,17H,3-8,13H2,1-2H3,(H,19,21). The summed E-state index contributed by atoms with van der Waals surface area (Å²) in [5, 5.41) is 2.76. The fourth-order valence-electron chi connectivity index (χ4n) is 3.12. The number of hydrogen-bond acceptors (Lipinski definition) is 2. The molecule has 4 nitrogen and oxygen atoms in total. The van der Waals surface area contributed by atoms with Gasteiger partial charge < -0.3 is 10.2 Å². The predicted molar refractivity (Wildman–Crippen MR) is 87.5 cm³/mol. The summed E-state index contributed by atoms with van der Waals surface area (Å²) < 4.78 is 0. The molecule has 0 spiro atoms. The SMILES string of the molecule is CCN(C(=O)c1ccc(CNC(C)=O)cc1)C1CCCCC1. The monoisotopic (exact) mass is 302 g/mol. The van der Waals surface area contributed by atoms with Crippen LogP contribution in [0.3, 0.4) is 0 Å². The maximum absolute atomic E-state index is 12.7. The number of benzene rings is 1. The molecule has 1 aliphatic rings. The third kappa shape index (κ3) is 4.33. The minimum absolute atomic E-state index is 0.0467. The van der Waals surface area contributed by atoms with Gasteiger partial charge in [-0.15, -0.1) is 0 Å². The largest absolute Gasteiger partial charge is 0.352 e. The fraction of sp³-hybridized carbons (Fsp3) is 0.556. The molecule has 0 bridgehead atoms. The average molecular weight is 302 g/mol. The lowest BCUT2D eigenvalue weighted by Gasteiger charge is -2.33. The highest BCUT2D eigenvalue weighted by Gasteiger charge is 2.24.